The lowest BCUT2D eigenvalue weighted by Crippen LogP contribution is -2.47. The van der Waals surface area contributed by atoms with Crippen LogP contribution in [0.1, 0.15) is 37.0 Å². The van der Waals surface area contributed by atoms with Crippen LogP contribution in [0.25, 0.3) is 22.3 Å². The second kappa shape index (κ2) is 6.43. The van der Waals surface area contributed by atoms with Gasteiger partial charge in [-0.2, -0.15) is 0 Å². The van der Waals surface area contributed by atoms with Gasteiger partial charge in [0.1, 0.15) is 6.61 Å². The van der Waals surface area contributed by atoms with Crippen molar-refractivity contribution in [2.45, 2.75) is 44.5 Å². The average molecular weight is 408 g/mol. The summed E-state index contributed by atoms with van der Waals surface area (Å²) in [6.07, 6.45) is 0.338. The smallest absolute Gasteiger partial charge is 0.343 e. The van der Waals surface area contributed by atoms with Crippen molar-refractivity contribution in [3.8, 4) is 11.4 Å². The molecule has 2 aromatic heterocycles. The number of ether oxygens (including phenoxy) is 2. The quantitative estimate of drug-likeness (QED) is 0.320. The third-order valence-electron chi connectivity index (χ3n) is 5.76. The molecule has 6 nitrogen and oxygen atoms in total. The topological polar surface area (TPSA) is 70.4 Å². The molecule has 0 spiro atoms. The van der Waals surface area contributed by atoms with Crippen LogP contribution in [0.3, 0.4) is 0 Å². The normalized spacial score (nSPS) is 20.7. The van der Waals surface area contributed by atoms with E-state index in [1.54, 1.807) is 11.5 Å². The van der Waals surface area contributed by atoms with Gasteiger partial charge in [0.05, 0.1) is 34.4 Å². The van der Waals surface area contributed by atoms with E-state index < -0.39 is 17.0 Å². The van der Waals surface area contributed by atoms with Crippen molar-refractivity contribution in [3.63, 3.8) is 0 Å². The van der Waals surface area contributed by atoms with Crippen LogP contribution in [-0.4, -0.2) is 21.0 Å². The monoisotopic (exact) mass is 408 g/mol. The Labute approximate surface area is 172 Å². The molecule has 0 bridgehead atoms. The maximum atomic E-state index is 13.3. The zero-order chi connectivity index (χ0) is 20.3. The highest BCUT2D eigenvalue weighted by molar-refractivity contribution is 7.80. The van der Waals surface area contributed by atoms with E-state index in [1.807, 2.05) is 37.3 Å². The van der Waals surface area contributed by atoms with Crippen molar-refractivity contribution in [1.29, 1.82) is 0 Å². The van der Waals surface area contributed by atoms with Gasteiger partial charge in [-0.3, -0.25) is 4.79 Å². The molecule has 0 fully saturated rings. The zero-order valence-corrected chi connectivity index (χ0v) is 17.0. The Hall–Kier alpha value is -2.64. The van der Waals surface area contributed by atoms with E-state index in [1.165, 1.54) is 0 Å². The Bertz CT molecular complexity index is 1230. The molecule has 4 heterocycles. The standard InChI is InChI=1S/C22H20N2O4S/c1-3-22(28-12(2)29)16-9-18-19-14(8-13-6-4-5-7-17(13)23-19)10-24(18)20(25)15(16)11-27-21(22)26/h4-9,12,29H,3,10-11H2,1-2H3/t12?,22-/m0/s1. The second-order valence-electron chi connectivity index (χ2n) is 7.48. The molecule has 7 heteroatoms. The van der Waals surface area contributed by atoms with Crippen LogP contribution in [0.15, 0.2) is 41.2 Å². The number of nitrogens with zero attached hydrogens (tertiary/aromatic N) is 2. The van der Waals surface area contributed by atoms with E-state index >= 15 is 0 Å². The Kier molecular flexibility index (Phi) is 4.08. The van der Waals surface area contributed by atoms with Gasteiger partial charge in [0.15, 0.2) is 5.60 Å². The number of thiol groups is 1. The van der Waals surface area contributed by atoms with E-state index in [-0.39, 0.29) is 12.2 Å². The van der Waals surface area contributed by atoms with Gasteiger partial charge in [0, 0.05) is 16.5 Å². The van der Waals surface area contributed by atoms with Crippen LogP contribution in [0.4, 0.5) is 0 Å². The van der Waals surface area contributed by atoms with Crippen molar-refractivity contribution in [3.05, 3.63) is 63.4 Å². The molecule has 0 N–H and O–H groups in total. The number of hydrogen-bond acceptors (Lipinski definition) is 6. The van der Waals surface area contributed by atoms with Crippen LogP contribution in [0.5, 0.6) is 0 Å². The fourth-order valence-corrected chi connectivity index (χ4v) is 4.58. The van der Waals surface area contributed by atoms with Crippen molar-refractivity contribution >= 4 is 29.5 Å². The van der Waals surface area contributed by atoms with Gasteiger partial charge in [-0.05, 0) is 31.5 Å². The predicted molar refractivity (Wildman–Crippen MR) is 112 cm³/mol. The molecule has 0 aliphatic carbocycles. The molecule has 148 valence electrons. The summed E-state index contributed by atoms with van der Waals surface area (Å²) in [5.41, 5.74) is 2.34. The zero-order valence-electron chi connectivity index (χ0n) is 16.1. The lowest BCUT2D eigenvalue weighted by atomic mass is 9.85. The third-order valence-corrected chi connectivity index (χ3v) is 5.86. The number of esters is 1. The van der Waals surface area contributed by atoms with Gasteiger partial charge in [0.2, 0.25) is 0 Å². The lowest BCUT2D eigenvalue weighted by Gasteiger charge is -2.37. The van der Waals surface area contributed by atoms with Crippen molar-refractivity contribution in [2.75, 3.05) is 0 Å². The van der Waals surface area contributed by atoms with E-state index in [0.717, 1.165) is 22.2 Å². The second-order valence-corrected chi connectivity index (χ2v) is 8.20. The number of para-hydroxylation sites is 1. The molecule has 0 saturated carbocycles. The summed E-state index contributed by atoms with van der Waals surface area (Å²) in [5, 5.41) is 1.03. The van der Waals surface area contributed by atoms with Crippen molar-refractivity contribution < 1.29 is 14.3 Å². The Morgan fingerprint density at radius 2 is 2.10 bits per heavy atom. The number of fused-ring (bicyclic) bond motifs is 5. The number of aromatic nitrogens is 2. The summed E-state index contributed by atoms with van der Waals surface area (Å²) in [5.74, 6) is -0.484. The number of benzene rings is 1. The molecule has 5 rings (SSSR count). The predicted octanol–water partition coefficient (Wildman–Crippen LogP) is 3.38. The first kappa shape index (κ1) is 18.4. The molecule has 0 saturated heterocycles. The Balaban J connectivity index is 1.78. The highest BCUT2D eigenvalue weighted by atomic mass is 32.1. The molecule has 29 heavy (non-hydrogen) atoms. The van der Waals surface area contributed by atoms with Crippen molar-refractivity contribution in [1.82, 2.24) is 9.55 Å². The van der Waals surface area contributed by atoms with E-state index in [9.17, 15) is 9.59 Å². The summed E-state index contributed by atoms with van der Waals surface area (Å²) >= 11 is 4.32. The van der Waals surface area contributed by atoms with Crippen LogP contribution in [0.2, 0.25) is 0 Å². The molecule has 0 radical (unpaired) electrons. The van der Waals surface area contributed by atoms with Crippen LogP contribution in [0, 0.1) is 0 Å². The molecular weight excluding hydrogens is 388 g/mol. The molecule has 0 amide bonds. The summed E-state index contributed by atoms with van der Waals surface area (Å²) in [4.78, 5) is 30.9. The van der Waals surface area contributed by atoms with Gasteiger partial charge in [-0.1, -0.05) is 25.1 Å². The molecule has 2 aliphatic rings. The van der Waals surface area contributed by atoms with Crippen LogP contribution >= 0.6 is 12.6 Å². The van der Waals surface area contributed by atoms with Gasteiger partial charge in [-0.15, -0.1) is 12.6 Å². The molecule has 1 aromatic carbocycles. The van der Waals surface area contributed by atoms with E-state index in [4.69, 9.17) is 14.5 Å². The van der Waals surface area contributed by atoms with Crippen molar-refractivity contribution in [2.24, 2.45) is 0 Å². The van der Waals surface area contributed by atoms with Gasteiger partial charge < -0.3 is 14.0 Å². The third kappa shape index (κ3) is 2.57. The van der Waals surface area contributed by atoms with Crippen LogP contribution < -0.4 is 5.56 Å². The summed E-state index contributed by atoms with van der Waals surface area (Å²) < 4.78 is 13.0. The maximum absolute atomic E-state index is 13.3. The number of cyclic esters (lactones) is 1. The maximum Gasteiger partial charge on any atom is 0.343 e. The first-order valence-electron chi connectivity index (χ1n) is 9.64. The number of rotatable bonds is 3. The summed E-state index contributed by atoms with van der Waals surface area (Å²) in [7, 11) is 0. The SMILES string of the molecule is CC[C@@]1(OC(C)S)C(=O)OCc2c1cc1n(c2=O)Cc2cc3ccccc3nc2-1. The molecule has 2 atom stereocenters. The molecule has 1 unspecified atom stereocenters. The van der Waals surface area contributed by atoms with Gasteiger partial charge in [-0.25, -0.2) is 9.78 Å². The molecular formula is C22H20N2O4S. The first-order valence-corrected chi connectivity index (χ1v) is 10.2. The minimum absolute atomic E-state index is 0.0505. The summed E-state index contributed by atoms with van der Waals surface area (Å²) in [6, 6.07) is 11.8. The van der Waals surface area contributed by atoms with Gasteiger partial charge >= 0.3 is 5.97 Å². The van der Waals surface area contributed by atoms with Crippen LogP contribution in [-0.2, 0) is 33.0 Å². The highest BCUT2D eigenvalue weighted by Crippen LogP contribution is 2.41. The Morgan fingerprint density at radius 3 is 2.86 bits per heavy atom. The number of carbonyl (C=O) groups excluding carboxylic acids is 1. The molecule has 3 aromatic rings. The Morgan fingerprint density at radius 1 is 1.31 bits per heavy atom. The van der Waals surface area contributed by atoms with E-state index in [2.05, 4.69) is 18.7 Å². The fourth-order valence-electron chi connectivity index (χ4n) is 4.40. The lowest BCUT2D eigenvalue weighted by molar-refractivity contribution is -0.182. The largest absolute Gasteiger partial charge is 0.458 e. The first-order chi connectivity index (χ1) is 13.9. The highest BCUT2D eigenvalue weighted by Gasteiger charge is 2.48. The number of carbonyl (C=O) groups is 1. The average Bonchev–Trinajstić information content (AvgIpc) is 3.06. The summed E-state index contributed by atoms with van der Waals surface area (Å²) in [6.45, 7) is 3.99. The van der Waals surface area contributed by atoms with Gasteiger partial charge in [0.25, 0.3) is 5.56 Å². The molecule has 2 aliphatic heterocycles. The number of hydrogen-bond donors (Lipinski definition) is 1. The fraction of sp³-hybridized carbons (Fsp3) is 0.318. The minimum Gasteiger partial charge on any atom is -0.458 e. The minimum atomic E-state index is -1.34. The van der Waals surface area contributed by atoms with E-state index in [0.29, 0.717) is 29.8 Å². The number of pyridine rings is 2.